The van der Waals surface area contributed by atoms with E-state index in [2.05, 4.69) is 80.4 Å². The Bertz CT molecular complexity index is 588. The summed E-state index contributed by atoms with van der Waals surface area (Å²) in [5.41, 5.74) is 4.55. The molecule has 0 saturated heterocycles. The molecule has 0 N–H and O–H groups in total. The third-order valence-corrected chi connectivity index (χ3v) is 5.23. The topological polar surface area (TPSA) is 3.24 Å². The van der Waals surface area contributed by atoms with Gasteiger partial charge in [0.25, 0.3) is 0 Å². The van der Waals surface area contributed by atoms with Gasteiger partial charge in [-0.2, -0.15) is 0 Å². The zero-order valence-corrected chi connectivity index (χ0v) is 14.0. The largest absolute Gasteiger partial charge is 0.345 e. The van der Waals surface area contributed by atoms with E-state index in [1.165, 1.54) is 42.6 Å². The summed E-state index contributed by atoms with van der Waals surface area (Å²) in [6.07, 6.45) is 5.37. The van der Waals surface area contributed by atoms with Crippen LogP contribution in [0.2, 0.25) is 0 Å². The van der Waals surface area contributed by atoms with Crippen molar-refractivity contribution in [2.24, 2.45) is 5.41 Å². The van der Waals surface area contributed by atoms with E-state index in [0.29, 0.717) is 5.41 Å². The second-order valence-electron chi connectivity index (χ2n) is 7.42. The molecule has 0 amide bonds. The van der Waals surface area contributed by atoms with Crippen LogP contribution in [-0.2, 0) is 0 Å². The highest BCUT2D eigenvalue weighted by molar-refractivity contribution is 5.62. The monoisotopic (exact) mass is 293 g/mol. The van der Waals surface area contributed by atoms with Crippen molar-refractivity contribution < 1.29 is 0 Å². The van der Waals surface area contributed by atoms with Crippen LogP contribution >= 0.6 is 0 Å². The average molecular weight is 293 g/mol. The van der Waals surface area contributed by atoms with Crippen LogP contribution < -0.4 is 4.90 Å². The lowest BCUT2D eigenvalue weighted by Crippen LogP contribution is -2.20. The van der Waals surface area contributed by atoms with Crippen molar-refractivity contribution in [2.75, 3.05) is 11.9 Å². The fourth-order valence-corrected chi connectivity index (χ4v) is 3.50. The standard InChI is InChI=1S/C21H27N/c1-21(2)15-13-18(14-16-21)17-9-11-20(12-10-17)22(3)19-7-5-4-6-8-19/h4-12,18H,13-16H2,1-3H3. The molecule has 116 valence electrons. The summed E-state index contributed by atoms with van der Waals surface area (Å²) in [5, 5.41) is 0. The fraction of sp³-hybridized carbons (Fsp3) is 0.429. The molecule has 3 rings (SSSR count). The Kier molecular flexibility index (Phi) is 4.24. The molecule has 0 aliphatic heterocycles. The number of rotatable bonds is 3. The van der Waals surface area contributed by atoms with E-state index in [9.17, 15) is 0 Å². The minimum Gasteiger partial charge on any atom is -0.345 e. The molecule has 0 unspecified atom stereocenters. The number of anilines is 2. The van der Waals surface area contributed by atoms with Crippen LogP contribution in [0.25, 0.3) is 0 Å². The predicted molar refractivity (Wildman–Crippen MR) is 95.9 cm³/mol. The molecule has 2 aromatic carbocycles. The van der Waals surface area contributed by atoms with Crippen LogP contribution in [0.5, 0.6) is 0 Å². The summed E-state index contributed by atoms with van der Waals surface area (Å²) in [5.74, 6) is 0.754. The van der Waals surface area contributed by atoms with Crippen LogP contribution in [0.3, 0.4) is 0 Å². The van der Waals surface area contributed by atoms with Gasteiger partial charge in [0.15, 0.2) is 0 Å². The Morgan fingerprint density at radius 2 is 1.36 bits per heavy atom. The van der Waals surface area contributed by atoms with Crippen molar-refractivity contribution in [2.45, 2.75) is 45.4 Å². The first-order chi connectivity index (χ1) is 10.6. The molecule has 1 fully saturated rings. The fourth-order valence-electron chi connectivity index (χ4n) is 3.50. The van der Waals surface area contributed by atoms with E-state index < -0.39 is 0 Å². The average Bonchev–Trinajstić information content (AvgIpc) is 2.55. The zero-order chi connectivity index (χ0) is 15.6. The van der Waals surface area contributed by atoms with Gasteiger partial charge in [-0.3, -0.25) is 0 Å². The second-order valence-corrected chi connectivity index (χ2v) is 7.42. The van der Waals surface area contributed by atoms with Crippen molar-refractivity contribution in [1.29, 1.82) is 0 Å². The minimum absolute atomic E-state index is 0.546. The smallest absolute Gasteiger partial charge is 0.0408 e. The van der Waals surface area contributed by atoms with E-state index in [-0.39, 0.29) is 0 Å². The molecule has 1 aliphatic rings. The molecule has 0 heterocycles. The molecule has 1 saturated carbocycles. The second kappa shape index (κ2) is 6.16. The molecule has 0 radical (unpaired) electrons. The van der Waals surface area contributed by atoms with Crippen molar-refractivity contribution in [3.63, 3.8) is 0 Å². The number of nitrogens with zero attached hydrogens (tertiary/aromatic N) is 1. The maximum absolute atomic E-state index is 2.40. The molecular weight excluding hydrogens is 266 g/mol. The van der Waals surface area contributed by atoms with E-state index in [0.717, 1.165) is 5.92 Å². The Morgan fingerprint density at radius 1 is 0.818 bits per heavy atom. The molecule has 1 nitrogen and oxygen atoms in total. The van der Waals surface area contributed by atoms with E-state index in [4.69, 9.17) is 0 Å². The molecule has 0 aromatic heterocycles. The highest BCUT2D eigenvalue weighted by Crippen LogP contribution is 2.42. The number of hydrogen-bond acceptors (Lipinski definition) is 1. The molecule has 1 heteroatoms. The molecule has 2 aromatic rings. The lowest BCUT2D eigenvalue weighted by molar-refractivity contribution is 0.224. The third-order valence-electron chi connectivity index (χ3n) is 5.23. The van der Waals surface area contributed by atoms with Gasteiger partial charge >= 0.3 is 0 Å². The maximum atomic E-state index is 2.40. The quantitative estimate of drug-likeness (QED) is 0.657. The number of benzene rings is 2. The van der Waals surface area contributed by atoms with E-state index in [1.807, 2.05) is 0 Å². The van der Waals surface area contributed by atoms with Crippen LogP contribution in [0.1, 0.15) is 51.0 Å². The molecule has 0 atom stereocenters. The summed E-state index contributed by atoms with van der Waals surface area (Å²) in [7, 11) is 2.13. The lowest BCUT2D eigenvalue weighted by Gasteiger charge is -2.34. The van der Waals surface area contributed by atoms with Crippen LogP contribution in [-0.4, -0.2) is 7.05 Å². The van der Waals surface area contributed by atoms with Crippen molar-refractivity contribution >= 4 is 11.4 Å². The van der Waals surface area contributed by atoms with Crippen molar-refractivity contribution in [3.8, 4) is 0 Å². The zero-order valence-electron chi connectivity index (χ0n) is 14.0. The molecule has 0 spiro atoms. The Balaban J connectivity index is 1.71. The Morgan fingerprint density at radius 3 is 1.95 bits per heavy atom. The Labute approximate surface area is 135 Å². The summed E-state index contributed by atoms with van der Waals surface area (Å²) in [6, 6.07) is 19.7. The van der Waals surface area contributed by atoms with Gasteiger partial charge in [-0.1, -0.05) is 44.2 Å². The van der Waals surface area contributed by atoms with Gasteiger partial charge in [0.05, 0.1) is 0 Å². The van der Waals surface area contributed by atoms with Gasteiger partial charge in [-0.25, -0.2) is 0 Å². The Hall–Kier alpha value is -1.76. The third kappa shape index (κ3) is 3.35. The highest BCUT2D eigenvalue weighted by atomic mass is 15.1. The van der Waals surface area contributed by atoms with Gasteiger partial charge in [0.2, 0.25) is 0 Å². The van der Waals surface area contributed by atoms with Crippen molar-refractivity contribution in [3.05, 3.63) is 60.2 Å². The normalized spacial score (nSPS) is 18.1. The first kappa shape index (κ1) is 15.1. The first-order valence-corrected chi connectivity index (χ1v) is 8.44. The summed E-state index contributed by atoms with van der Waals surface area (Å²) in [4.78, 5) is 2.24. The summed E-state index contributed by atoms with van der Waals surface area (Å²) < 4.78 is 0. The van der Waals surface area contributed by atoms with E-state index >= 15 is 0 Å². The van der Waals surface area contributed by atoms with Gasteiger partial charge < -0.3 is 4.90 Å². The summed E-state index contributed by atoms with van der Waals surface area (Å²) in [6.45, 7) is 4.81. The SMILES string of the molecule is CN(c1ccccc1)c1ccc(C2CCC(C)(C)CC2)cc1. The van der Waals surface area contributed by atoms with Gasteiger partial charge in [0.1, 0.15) is 0 Å². The summed E-state index contributed by atoms with van der Waals surface area (Å²) >= 11 is 0. The lowest BCUT2D eigenvalue weighted by atomic mass is 9.71. The maximum Gasteiger partial charge on any atom is 0.0408 e. The highest BCUT2D eigenvalue weighted by Gasteiger charge is 2.27. The number of hydrogen-bond donors (Lipinski definition) is 0. The van der Waals surface area contributed by atoms with Crippen molar-refractivity contribution in [1.82, 2.24) is 0 Å². The predicted octanol–water partition coefficient (Wildman–Crippen LogP) is 6.14. The molecule has 22 heavy (non-hydrogen) atoms. The molecule has 1 aliphatic carbocycles. The van der Waals surface area contributed by atoms with Gasteiger partial charge in [-0.05, 0) is 66.8 Å². The molecular formula is C21H27N. The van der Waals surface area contributed by atoms with Crippen LogP contribution in [0.4, 0.5) is 11.4 Å². The van der Waals surface area contributed by atoms with E-state index in [1.54, 1.807) is 0 Å². The van der Waals surface area contributed by atoms with Gasteiger partial charge in [0, 0.05) is 18.4 Å². The van der Waals surface area contributed by atoms with Crippen LogP contribution in [0, 0.1) is 5.41 Å². The molecule has 0 bridgehead atoms. The number of para-hydroxylation sites is 1. The van der Waals surface area contributed by atoms with Crippen LogP contribution in [0.15, 0.2) is 54.6 Å². The first-order valence-electron chi connectivity index (χ1n) is 8.44. The van der Waals surface area contributed by atoms with Gasteiger partial charge in [-0.15, -0.1) is 0 Å². The minimum atomic E-state index is 0.546.